The Balaban J connectivity index is 2.97. The summed E-state index contributed by atoms with van der Waals surface area (Å²) in [6.45, 7) is 1.95. The lowest BCUT2D eigenvalue weighted by atomic mass is 9.96. The molecule has 0 fully saturated rings. The van der Waals surface area contributed by atoms with E-state index >= 15 is 0 Å². The minimum absolute atomic E-state index is 0.0276. The second kappa shape index (κ2) is 4.23. The fraction of sp³-hybridized carbons (Fsp3) is 0.500. The van der Waals surface area contributed by atoms with E-state index in [1.165, 1.54) is 0 Å². The molecule has 3 heteroatoms. The molecule has 0 bridgehead atoms. The number of hydrogen-bond donors (Lipinski definition) is 0. The normalized spacial score (nSPS) is 22.7. The maximum atomic E-state index is 10.6. The Morgan fingerprint density at radius 1 is 1.54 bits per heavy atom. The van der Waals surface area contributed by atoms with E-state index in [9.17, 15) is 4.79 Å². The van der Waals surface area contributed by atoms with Gasteiger partial charge >= 0.3 is 0 Å². The van der Waals surface area contributed by atoms with Crippen LogP contribution in [0.5, 0.6) is 0 Å². The predicted molar refractivity (Wildman–Crippen MR) is 49.3 cm³/mol. The van der Waals surface area contributed by atoms with Crippen molar-refractivity contribution < 1.29 is 14.3 Å². The van der Waals surface area contributed by atoms with E-state index in [0.29, 0.717) is 12.0 Å². The van der Waals surface area contributed by atoms with Crippen LogP contribution in [0.15, 0.2) is 23.0 Å². The molecule has 0 radical (unpaired) electrons. The summed E-state index contributed by atoms with van der Waals surface area (Å²) in [5.41, 5.74) is 1.75. The topological polar surface area (TPSA) is 35.5 Å². The molecule has 1 atom stereocenters. The number of allylic oxidation sites excluding steroid dienone is 1. The van der Waals surface area contributed by atoms with E-state index < -0.39 is 0 Å². The maximum Gasteiger partial charge on any atom is 0.146 e. The molecule has 13 heavy (non-hydrogen) atoms. The zero-order valence-electron chi connectivity index (χ0n) is 8.16. The van der Waals surface area contributed by atoms with Crippen LogP contribution in [0.25, 0.3) is 0 Å². The van der Waals surface area contributed by atoms with Crippen LogP contribution < -0.4 is 0 Å². The third-order valence-electron chi connectivity index (χ3n) is 2.27. The third-order valence-corrected chi connectivity index (χ3v) is 2.27. The zero-order chi connectivity index (χ0) is 9.84. The van der Waals surface area contributed by atoms with Gasteiger partial charge in [-0.1, -0.05) is 0 Å². The number of methoxy groups -OCH3 is 2. The first-order valence-electron chi connectivity index (χ1n) is 4.16. The van der Waals surface area contributed by atoms with Crippen LogP contribution in [0.2, 0.25) is 0 Å². The molecule has 1 aliphatic carbocycles. The molecule has 1 aliphatic rings. The van der Waals surface area contributed by atoms with Gasteiger partial charge in [-0.05, 0) is 24.1 Å². The monoisotopic (exact) mass is 182 g/mol. The van der Waals surface area contributed by atoms with Crippen LogP contribution >= 0.6 is 0 Å². The fourth-order valence-electron chi connectivity index (χ4n) is 1.43. The van der Waals surface area contributed by atoms with Gasteiger partial charge in [0.25, 0.3) is 0 Å². The highest BCUT2D eigenvalue weighted by atomic mass is 16.5. The summed E-state index contributed by atoms with van der Waals surface area (Å²) in [6, 6.07) is 0. The molecule has 0 N–H and O–H groups in total. The molecule has 0 aromatic rings. The minimum Gasteiger partial charge on any atom is -0.497 e. The van der Waals surface area contributed by atoms with Gasteiger partial charge in [-0.25, -0.2) is 0 Å². The zero-order valence-corrected chi connectivity index (χ0v) is 8.16. The predicted octanol–water partition coefficient (Wildman–Crippen LogP) is 1.45. The lowest BCUT2D eigenvalue weighted by Gasteiger charge is -2.22. The molecule has 3 nitrogen and oxygen atoms in total. The highest BCUT2D eigenvalue weighted by Gasteiger charge is 2.20. The average molecular weight is 182 g/mol. The molecule has 0 aromatic heterocycles. The van der Waals surface area contributed by atoms with Gasteiger partial charge in [0.1, 0.15) is 12.0 Å². The Bertz CT molecular complexity index is 263. The molecule has 0 aliphatic heterocycles. The first-order chi connectivity index (χ1) is 6.22. The standard InChI is InChI=1S/C10H14O3/c1-7-9(12-2)4-8(6-11)5-10(7)13-3/h4,6,10H,5H2,1-3H3. The number of aldehydes is 1. The average Bonchev–Trinajstić information content (AvgIpc) is 2.18. The van der Waals surface area contributed by atoms with Gasteiger partial charge in [0.15, 0.2) is 0 Å². The van der Waals surface area contributed by atoms with Gasteiger partial charge in [-0.2, -0.15) is 0 Å². The van der Waals surface area contributed by atoms with Crippen LogP contribution in [0.4, 0.5) is 0 Å². The van der Waals surface area contributed by atoms with Crippen molar-refractivity contribution >= 4 is 6.29 Å². The summed E-state index contributed by atoms with van der Waals surface area (Å²) in [6.07, 6.45) is 3.22. The first kappa shape index (κ1) is 9.99. The summed E-state index contributed by atoms with van der Waals surface area (Å²) in [7, 11) is 3.23. The van der Waals surface area contributed by atoms with Gasteiger partial charge in [0, 0.05) is 13.5 Å². The van der Waals surface area contributed by atoms with E-state index in [-0.39, 0.29) is 6.10 Å². The van der Waals surface area contributed by atoms with Crippen LogP contribution in [-0.4, -0.2) is 26.6 Å². The second-order valence-corrected chi connectivity index (χ2v) is 3.02. The summed E-state index contributed by atoms with van der Waals surface area (Å²) in [5, 5.41) is 0. The summed E-state index contributed by atoms with van der Waals surface area (Å²) in [5.74, 6) is 0.736. The molecule has 0 amide bonds. The van der Waals surface area contributed by atoms with E-state index in [1.54, 1.807) is 20.3 Å². The molecule has 0 aromatic carbocycles. The molecule has 0 spiro atoms. The van der Waals surface area contributed by atoms with Crippen molar-refractivity contribution in [1.29, 1.82) is 0 Å². The Kier molecular flexibility index (Phi) is 3.25. The Labute approximate surface area is 78.0 Å². The SMILES string of the molecule is COC1=C(C)C(OC)CC(C=O)=C1. The van der Waals surface area contributed by atoms with Gasteiger partial charge in [-0.3, -0.25) is 4.79 Å². The smallest absolute Gasteiger partial charge is 0.146 e. The van der Waals surface area contributed by atoms with Crippen LogP contribution in [-0.2, 0) is 14.3 Å². The minimum atomic E-state index is -0.0276. The van der Waals surface area contributed by atoms with Gasteiger partial charge in [-0.15, -0.1) is 0 Å². The van der Waals surface area contributed by atoms with Crippen molar-refractivity contribution in [2.75, 3.05) is 14.2 Å². The van der Waals surface area contributed by atoms with Crippen molar-refractivity contribution in [2.45, 2.75) is 19.4 Å². The molecule has 72 valence electrons. The number of carbonyl (C=O) groups excluding carboxylic acids is 1. The molecule has 0 saturated heterocycles. The van der Waals surface area contributed by atoms with E-state index in [2.05, 4.69) is 0 Å². The number of hydrogen-bond acceptors (Lipinski definition) is 3. The number of carbonyl (C=O) groups is 1. The Hall–Kier alpha value is -1.09. The number of rotatable bonds is 3. The van der Waals surface area contributed by atoms with Crippen molar-refractivity contribution in [3.8, 4) is 0 Å². The van der Waals surface area contributed by atoms with Gasteiger partial charge in [0.2, 0.25) is 0 Å². The van der Waals surface area contributed by atoms with E-state index in [0.717, 1.165) is 17.6 Å². The van der Waals surface area contributed by atoms with Gasteiger partial charge < -0.3 is 9.47 Å². The van der Waals surface area contributed by atoms with Crippen molar-refractivity contribution in [2.24, 2.45) is 0 Å². The van der Waals surface area contributed by atoms with Crippen LogP contribution in [0.1, 0.15) is 13.3 Å². The van der Waals surface area contributed by atoms with Gasteiger partial charge in [0.05, 0.1) is 13.2 Å². The maximum absolute atomic E-state index is 10.6. The molecule has 1 rings (SSSR count). The Morgan fingerprint density at radius 3 is 2.69 bits per heavy atom. The molecule has 0 saturated carbocycles. The van der Waals surface area contributed by atoms with Crippen LogP contribution in [0, 0.1) is 0 Å². The highest BCUT2D eigenvalue weighted by Crippen LogP contribution is 2.25. The van der Waals surface area contributed by atoms with Crippen molar-refractivity contribution in [1.82, 2.24) is 0 Å². The third kappa shape index (κ3) is 1.98. The molecule has 0 heterocycles. The number of ether oxygens (including phenoxy) is 2. The van der Waals surface area contributed by atoms with Crippen molar-refractivity contribution in [3.05, 3.63) is 23.0 Å². The highest BCUT2D eigenvalue weighted by molar-refractivity contribution is 5.75. The van der Waals surface area contributed by atoms with Crippen LogP contribution in [0.3, 0.4) is 0 Å². The fourth-order valence-corrected chi connectivity index (χ4v) is 1.43. The molecule has 1 unspecified atom stereocenters. The summed E-state index contributed by atoms with van der Waals surface area (Å²) in [4.78, 5) is 10.6. The molecular weight excluding hydrogens is 168 g/mol. The molecular formula is C10H14O3. The van der Waals surface area contributed by atoms with E-state index in [4.69, 9.17) is 9.47 Å². The van der Waals surface area contributed by atoms with Crippen molar-refractivity contribution in [3.63, 3.8) is 0 Å². The Morgan fingerprint density at radius 2 is 2.23 bits per heavy atom. The largest absolute Gasteiger partial charge is 0.497 e. The lowest BCUT2D eigenvalue weighted by Crippen LogP contribution is -2.19. The summed E-state index contributed by atoms with van der Waals surface area (Å²) >= 11 is 0. The lowest BCUT2D eigenvalue weighted by molar-refractivity contribution is -0.105. The van der Waals surface area contributed by atoms with E-state index in [1.807, 2.05) is 6.92 Å². The first-order valence-corrected chi connectivity index (χ1v) is 4.16. The summed E-state index contributed by atoms with van der Waals surface area (Å²) < 4.78 is 10.4. The quantitative estimate of drug-likeness (QED) is 0.620. The second-order valence-electron chi connectivity index (χ2n) is 3.02.